The predicted molar refractivity (Wildman–Crippen MR) is 91.8 cm³/mol. The third-order valence-corrected chi connectivity index (χ3v) is 5.60. The maximum absolute atomic E-state index is 12.3. The molecule has 0 saturated carbocycles. The molecule has 3 nitrogen and oxygen atoms in total. The lowest BCUT2D eigenvalue weighted by atomic mass is 10.1. The average Bonchev–Trinajstić information content (AvgIpc) is 2.41. The van der Waals surface area contributed by atoms with Crippen molar-refractivity contribution in [1.82, 2.24) is 4.72 Å². The Balaban J connectivity index is 2.05. The molecule has 1 unspecified atom stereocenters. The lowest BCUT2D eigenvalue weighted by molar-refractivity contribution is 0.560. The summed E-state index contributed by atoms with van der Waals surface area (Å²) in [4.78, 5) is 0.272. The van der Waals surface area contributed by atoms with Gasteiger partial charge >= 0.3 is 0 Å². The largest absolute Gasteiger partial charge is 0.240 e. The Bertz CT molecular complexity index is 697. The van der Waals surface area contributed by atoms with E-state index in [0.29, 0.717) is 6.42 Å². The van der Waals surface area contributed by atoms with Gasteiger partial charge in [0.05, 0.1) is 4.90 Å². The molecule has 0 aliphatic carbocycles. The zero-order valence-electron chi connectivity index (χ0n) is 11.4. The van der Waals surface area contributed by atoms with Crippen molar-refractivity contribution in [2.75, 3.05) is 0 Å². The van der Waals surface area contributed by atoms with E-state index in [9.17, 15) is 8.42 Å². The lowest BCUT2D eigenvalue weighted by Crippen LogP contribution is -2.34. The number of sulfonamides is 1. The minimum absolute atomic E-state index is 0.181. The van der Waals surface area contributed by atoms with Crippen molar-refractivity contribution >= 4 is 41.9 Å². The van der Waals surface area contributed by atoms with Gasteiger partial charge in [-0.2, -0.15) is 0 Å². The highest BCUT2D eigenvalue weighted by molar-refractivity contribution is 9.10. The fourth-order valence-corrected chi connectivity index (χ4v) is 3.73. The van der Waals surface area contributed by atoms with Crippen LogP contribution in [0.5, 0.6) is 0 Å². The van der Waals surface area contributed by atoms with E-state index >= 15 is 0 Å². The van der Waals surface area contributed by atoms with Crippen molar-refractivity contribution in [3.05, 3.63) is 63.0 Å². The molecule has 0 fully saturated rings. The summed E-state index contributed by atoms with van der Waals surface area (Å²) >= 11 is 6.68. The van der Waals surface area contributed by atoms with Crippen molar-refractivity contribution in [3.63, 3.8) is 0 Å². The molecule has 1 atom stereocenters. The first kappa shape index (κ1) is 16.7. The van der Waals surface area contributed by atoms with Crippen LogP contribution in [-0.4, -0.2) is 14.5 Å². The fraction of sp³-hybridized carbons (Fsp3) is 0.200. The molecule has 6 heteroatoms. The van der Waals surface area contributed by atoms with Crippen LogP contribution in [0, 0.1) is 0 Å². The SMILES string of the molecule is CC(Cc1ccc(Br)cc1)NS(=O)(=O)c1ccc(Br)cc1. The van der Waals surface area contributed by atoms with Crippen molar-refractivity contribution in [3.8, 4) is 0 Å². The summed E-state index contributed by atoms with van der Waals surface area (Å²) in [5, 5.41) is 0. The Morgan fingerprint density at radius 2 is 1.43 bits per heavy atom. The van der Waals surface area contributed by atoms with Crippen LogP contribution in [0.15, 0.2) is 62.4 Å². The maximum Gasteiger partial charge on any atom is 0.240 e. The first-order valence-corrected chi connectivity index (χ1v) is 9.46. The van der Waals surface area contributed by atoms with Gasteiger partial charge in [0.15, 0.2) is 0 Å². The average molecular weight is 433 g/mol. The van der Waals surface area contributed by atoms with Gasteiger partial charge in [-0.25, -0.2) is 13.1 Å². The van der Waals surface area contributed by atoms with Gasteiger partial charge in [-0.3, -0.25) is 0 Å². The quantitative estimate of drug-likeness (QED) is 0.772. The van der Waals surface area contributed by atoms with Crippen LogP contribution in [0.25, 0.3) is 0 Å². The topological polar surface area (TPSA) is 46.2 Å². The Kier molecular flexibility index (Phi) is 5.60. The maximum atomic E-state index is 12.3. The summed E-state index contributed by atoms with van der Waals surface area (Å²) in [6.45, 7) is 1.86. The Morgan fingerprint density at radius 3 is 1.95 bits per heavy atom. The molecule has 0 spiro atoms. The molecular formula is C15H15Br2NO2S. The number of hydrogen-bond acceptors (Lipinski definition) is 2. The fourth-order valence-electron chi connectivity index (χ4n) is 1.96. The van der Waals surface area contributed by atoms with Gasteiger partial charge in [0.2, 0.25) is 10.0 Å². The molecule has 2 aromatic carbocycles. The summed E-state index contributed by atoms with van der Waals surface area (Å²) in [6.07, 6.45) is 0.642. The monoisotopic (exact) mass is 431 g/mol. The van der Waals surface area contributed by atoms with Crippen LogP contribution in [-0.2, 0) is 16.4 Å². The molecule has 21 heavy (non-hydrogen) atoms. The van der Waals surface area contributed by atoms with E-state index in [2.05, 4.69) is 36.6 Å². The number of rotatable bonds is 5. The van der Waals surface area contributed by atoms with Crippen molar-refractivity contribution in [2.45, 2.75) is 24.3 Å². The first-order valence-electron chi connectivity index (χ1n) is 6.39. The van der Waals surface area contributed by atoms with Crippen molar-refractivity contribution < 1.29 is 8.42 Å². The number of hydrogen-bond donors (Lipinski definition) is 1. The summed E-state index contributed by atoms with van der Waals surface area (Å²) in [5.41, 5.74) is 1.09. The summed E-state index contributed by atoms with van der Waals surface area (Å²) in [6, 6.07) is 14.3. The van der Waals surface area contributed by atoms with E-state index in [0.717, 1.165) is 14.5 Å². The van der Waals surface area contributed by atoms with Crippen LogP contribution in [0.2, 0.25) is 0 Å². The lowest BCUT2D eigenvalue weighted by Gasteiger charge is -2.14. The van der Waals surface area contributed by atoms with Crippen LogP contribution >= 0.6 is 31.9 Å². The van der Waals surface area contributed by atoms with Gasteiger partial charge in [0.1, 0.15) is 0 Å². The molecule has 0 saturated heterocycles. The van der Waals surface area contributed by atoms with E-state index < -0.39 is 10.0 Å². The second-order valence-corrected chi connectivity index (χ2v) is 8.35. The van der Waals surface area contributed by atoms with E-state index in [1.54, 1.807) is 24.3 Å². The number of benzene rings is 2. The molecule has 0 aliphatic heterocycles. The Labute approximate surface area is 142 Å². The van der Waals surface area contributed by atoms with Crippen molar-refractivity contribution in [2.24, 2.45) is 0 Å². The first-order chi connectivity index (χ1) is 9.87. The molecule has 0 radical (unpaired) electrons. The number of nitrogens with one attached hydrogen (secondary N) is 1. The Hall–Kier alpha value is -0.690. The standard InChI is InChI=1S/C15H15Br2NO2S/c1-11(10-12-2-4-13(16)5-3-12)18-21(19,20)15-8-6-14(17)7-9-15/h2-9,11,18H,10H2,1H3. The van der Waals surface area contributed by atoms with Crippen LogP contribution in [0.4, 0.5) is 0 Å². The van der Waals surface area contributed by atoms with Crippen LogP contribution < -0.4 is 4.72 Å². The minimum Gasteiger partial charge on any atom is -0.208 e. The van der Waals surface area contributed by atoms with Gasteiger partial charge in [0.25, 0.3) is 0 Å². The second-order valence-electron chi connectivity index (χ2n) is 4.81. The van der Waals surface area contributed by atoms with Gasteiger partial charge in [-0.1, -0.05) is 44.0 Å². The van der Waals surface area contributed by atoms with E-state index in [-0.39, 0.29) is 10.9 Å². The minimum atomic E-state index is -3.48. The van der Waals surface area contributed by atoms with E-state index in [4.69, 9.17) is 0 Å². The smallest absolute Gasteiger partial charge is 0.208 e. The zero-order valence-corrected chi connectivity index (χ0v) is 15.4. The van der Waals surface area contributed by atoms with Crippen LogP contribution in [0.3, 0.4) is 0 Å². The summed E-state index contributed by atoms with van der Waals surface area (Å²) in [7, 11) is -3.48. The normalized spacial score (nSPS) is 13.1. The molecule has 112 valence electrons. The molecule has 0 aliphatic rings. The highest BCUT2D eigenvalue weighted by atomic mass is 79.9. The second kappa shape index (κ2) is 7.05. The summed E-state index contributed by atoms with van der Waals surface area (Å²) < 4.78 is 29.1. The Morgan fingerprint density at radius 1 is 0.952 bits per heavy atom. The molecule has 2 rings (SSSR count). The highest BCUT2D eigenvalue weighted by Gasteiger charge is 2.17. The van der Waals surface area contributed by atoms with Gasteiger partial charge in [0, 0.05) is 15.0 Å². The molecule has 0 bridgehead atoms. The van der Waals surface area contributed by atoms with Gasteiger partial charge in [-0.15, -0.1) is 0 Å². The predicted octanol–water partition coefficient (Wildman–Crippen LogP) is 4.12. The van der Waals surface area contributed by atoms with Crippen LogP contribution in [0.1, 0.15) is 12.5 Å². The third-order valence-electron chi connectivity index (χ3n) is 2.94. The molecule has 0 heterocycles. The zero-order chi connectivity index (χ0) is 15.5. The molecular weight excluding hydrogens is 418 g/mol. The third kappa shape index (κ3) is 4.92. The van der Waals surface area contributed by atoms with E-state index in [1.807, 2.05) is 31.2 Å². The molecule has 0 aromatic heterocycles. The van der Waals surface area contributed by atoms with Gasteiger partial charge < -0.3 is 0 Å². The van der Waals surface area contributed by atoms with Gasteiger partial charge in [-0.05, 0) is 55.3 Å². The highest BCUT2D eigenvalue weighted by Crippen LogP contribution is 2.16. The van der Waals surface area contributed by atoms with E-state index in [1.165, 1.54) is 0 Å². The van der Waals surface area contributed by atoms with Crippen molar-refractivity contribution in [1.29, 1.82) is 0 Å². The summed E-state index contributed by atoms with van der Waals surface area (Å²) in [5.74, 6) is 0. The molecule has 1 N–H and O–H groups in total. The molecule has 2 aromatic rings. The number of halogens is 2. The molecule has 0 amide bonds.